The molecule has 0 radical (unpaired) electrons. The third-order valence-electron chi connectivity index (χ3n) is 3.45. The molecule has 0 atom stereocenters. The molecule has 0 saturated heterocycles. The van der Waals surface area contributed by atoms with Crippen molar-refractivity contribution >= 4 is 11.7 Å². The predicted octanol–water partition coefficient (Wildman–Crippen LogP) is 3.36. The predicted molar refractivity (Wildman–Crippen MR) is 87.7 cm³/mol. The van der Waals surface area contributed by atoms with Crippen LogP contribution in [0.1, 0.15) is 0 Å². The highest BCUT2D eigenvalue weighted by Gasteiger charge is 2.19. The number of benzene rings is 2. The zero-order valence-electron chi connectivity index (χ0n) is 13.0. The summed E-state index contributed by atoms with van der Waals surface area (Å²) in [6.07, 6.45) is 1.27. The van der Waals surface area contributed by atoms with E-state index >= 15 is 0 Å². The average molecular weight is 326 g/mol. The van der Waals surface area contributed by atoms with Gasteiger partial charge in [-0.15, -0.1) is 5.10 Å². The fourth-order valence-corrected chi connectivity index (χ4v) is 2.19. The maximum atomic E-state index is 13.3. The van der Waals surface area contributed by atoms with Gasteiger partial charge in [0.05, 0.1) is 7.11 Å². The summed E-state index contributed by atoms with van der Waals surface area (Å²) in [6.45, 7) is -0.958. The van der Waals surface area contributed by atoms with E-state index in [9.17, 15) is 9.18 Å². The van der Waals surface area contributed by atoms with Crippen molar-refractivity contribution in [2.45, 2.75) is 0 Å². The first-order valence-electron chi connectivity index (χ1n) is 7.22. The third-order valence-corrected chi connectivity index (χ3v) is 3.45. The Labute approximate surface area is 138 Å². The van der Waals surface area contributed by atoms with Crippen LogP contribution in [0.3, 0.4) is 0 Å². The normalized spacial score (nSPS) is 10.4. The van der Waals surface area contributed by atoms with E-state index < -0.39 is 12.8 Å². The van der Waals surface area contributed by atoms with Gasteiger partial charge in [0.2, 0.25) is 0 Å². The minimum absolute atomic E-state index is 0.373. The van der Waals surface area contributed by atoms with Gasteiger partial charge in [-0.3, -0.25) is 4.90 Å². The largest absolute Gasteiger partial charge is 0.497 e. The summed E-state index contributed by atoms with van der Waals surface area (Å²) in [5.74, 6) is 1.08. The Morgan fingerprint density at radius 3 is 2.50 bits per heavy atom. The zero-order chi connectivity index (χ0) is 16.9. The van der Waals surface area contributed by atoms with E-state index in [0.29, 0.717) is 17.3 Å². The third kappa shape index (κ3) is 3.10. The van der Waals surface area contributed by atoms with E-state index in [0.717, 1.165) is 15.1 Å². The number of methoxy groups -OCH3 is 1. The van der Waals surface area contributed by atoms with E-state index in [1.54, 1.807) is 61.7 Å². The lowest BCUT2D eigenvalue weighted by Gasteiger charge is -2.17. The van der Waals surface area contributed by atoms with Crippen molar-refractivity contribution < 1.29 is 13.9 Å². The summed E-state index contributed by atoms with van der Waals surface area (Å²) >= 11 is 0. The molecule has 1 amide bonds. The van der Waals surface area contributed by atoms with Gasteiger partial charge in [0.1, 0.15) is 12.1 Å². The number of halogens is 1. The molecule has 0 aliphatic heterocycles. The number of para-hydroxylation sites is 1. The van der Waals surface area contributed by atoms with Crippen molar-refractivity contribution in [1.82, 2.24) is 14.8 Å². The average Bonchev–Trinajstić information content (AvgIpc) is 3.13. The molecule has 3 aromatic rings. The molecular formula is C17H15FN4O2. The molecule has 0 saturated carbocycles. The van der Waals surface area contributed by atoms with Crippen LogP contribution in [0.2, 0.25) is 0 Å². The minimum atomic E-state index is -0.958. The molecule has 6 nitrogen and oxygen atoms in total. The molecule has 3 rings (SSSR count). The van der Waals surface area contributed by atoms with Crippen molar-refractivity contribution in [3.05, 3.63) is 60.9 Å². The summed E-state index contributed by atoms with van der Waals surface area (Å²) < 4.78 is 19.4. The number of rotatable bonds is 4. The van der Waals surface area contributed by atoms with E-state index in [1.807, 2.05) is 0 Å². The van der Waals surface area contributed by atoms with Crippen LogP contribution in [0.5, 0.6) is 5.75 Å². The van der Waals surface area contributed by atoms with Crippen molar-refractivity contribution in [3.63, 3.8) is 0 Å². The van der Waals surface area contributed by atoms with E-state index in [2.05, 4.69) is 10.1 Å². The number of aromatic nitrogens is 3. The van der Waals surface area contributed by atoms with Gasteiger partial charge in [-0.1, -0.05) is 18.2 Å². The minimum Gasteiger partial charge on any atom is -0.497 e. The van der Waals surface area contributed by atoms with Crippen LogP contribution in [0.4, 0.5) is 14.9 Å². The number of carbonyl (C=O) groups excluding carboxylic acids is 1. The maximum absolute atomic E-state index is 13.3. The molecule has 24 heavy (non-hydrogen) atoms. The SMILES string of the molecule is COc1ccc(-c2ncn(C(=O)N(CF)c3ccccc3)n2)cc1. The topological polar surface area (TPSA) is 60.3 Å². The molecule has 0 aliphatic carbocycles. The smallest absolute Gasteiger partial charge is 0.352 e. The number of ether oxygens (including phenoxy) is 1. The molecule has 0 fully saturated rings. The molecule has 0 bridgehead atoms. The van der Waals surface area contributed by atoms with Crippen molar-refractivity contribution in [3.8, 4) is 17.1 Å². The Hall–Kier alpha value is -3.22. The molecule has 1 aromatic heterocycles. The number of alkyl halides is 1. The molecular weight excluding hydrogens is 311 g/mol. The second kappa shape index (κ2) is 6.91. The number of nitrogens with zero attached hydrogens (tertiary/aromatic N) is 4. The highest BCUT2D eigenvalue weighted by molar-refractivity contribution is 5.92. The van der Waals surface area contributed by atoms with Crippen LogP contribution in [-0.4, -0.2) is 34.7 Å². The van der Waals surface area contributed by atoms with Gasteiger partial charge in [0.25, 0.3) is 0 Å². The van der Waals surface area contributed by atoms with Gasteiger partial charge in [-0.2, -0.15) is 4.68 Å². The summed E-state index contributed by atoms with van der Waals surface area (Å²) in [5, 5.41) is 4.14. The first-order valence-corrected chi connectivity index (χ1v) is 7.22. The maximum Gasteiger partial charge on any atom is 0.352 e. The highest BCUT2D eigenvalue weighted by atomic mass is 19.1. The van der Waals surface area contributed by atoms with Gasteiger partial charge < -0.3 is 4.74 Å². The van der Waals surface area contributed by atoms with Gasteiger partial charge in [0.15, 0.2) is 12.6 Å². The molecule has 0 unspecified atom stereocenters. The second-order valence-electron chi connectivity index (χ2n) is 4.91. The Kier molecular flexibility index (Phi) is 4.51. The molecule has 122 valence electrons. The fraction of sp³-hybridized carbons (Fsp3) is 0.118. The van der Waals surface area contributed by atoms with Crippen LogP contribution >= 0.6 is 0 Å². The second-order valence-corrected chi connectivity index (χ2v) is 4.91. The van der Waals surface area contributed by atoms with Crippen LogP contribution in [0, 0.1) is 0 Å². The summed E-state index contributed by atoms with van der Waals surface area (Å²) in [6, 6.07) is 15.1. The molecule has 0 aliphatic rings. The van der Waals surface area contributed by atoms with Crippen LogP contribution in [0.15, 0.2) is 60.9 Å². The highest BCUT2D eigenvalue weighted by Crippen LogP contribution is 2.19. The zero-order valence-corrected chi connectivity index (χ0v) is 13.0. The fourth-order valence-electron chi connectivity index (χ4n) is 2.19. The standard InChI is InChI=1S/C17H15FN4O2/c1-24-15-9-7-13(8-10-15)16-19-12-22(20-16)17(23)21(11-18)14-5-3-2-4-6-14/h2-10,12H,11H2,1H3. The summed E-state index contributed by atoms with van der Waals surface area (Å²) in [4.78, 5) is 17.5. The Morgan fingerprint density at radius 1 is 1.17 bits per heavy atom. The van der Waals surface area contributed by atoms with Crippen molar-refractivity contribution in [1.29, 1.82) is 0 Å². The van der Waals surface area contributed by atoms with Crippen LogP contribution in [0.25, 0.3) is 11.4 Å². The number of hydrogen-bond donors (Lipinski definition) is 0. The lowest BCUT2D eigenvalue weighted by atomic mass is 10.2. The molecule has 7 heteroatoms. The quantitative estimate of drug-likeness (QED) is 0.690. The van der Waals surface area contributed by atoms with Gasteiger partial charge in [0, 0.05) is 11.3 Å². The number of anilines is 1. The van der Waals surface area contributed by atoms with E-state index in [-0.39, 0.29) is 0 Å². The first kappa shape index (κ1) is 15.7. The van der Waals surface area contributed by atoms with Crippen LogP contribution < -0.4 is 9.64 Å². The molecule has 0 spiro atoms. The Morgan fingerprint density at radius 2 is 1.88 bits per heavy atom. The van der Waals surface area contributed by atoms with E-state index in [1.165, 1.54) is 6.33 Å². The Bertz CT molecular complexity index is 818. The van der Waals surface area contributed by atoms with Crippen molar-refractivity contribution in [2.24, 2.45) is 0 Å². The molecule has 0 N–H and O–H groups in total. The monoisotopic (exact) mass is 326 g/mol. The summed E-state index contributed by atoms with van der Waals surface area (Å²) in [5.41, 5.74) is 1.18. The number of amides is 1. The van der Waals surface area contributed by atoms with E-state index in [4.69, 9.17) is 4.74 Å². The first-order chi connectivity index (χ1) is 11.7. The lowest BCUT2D eigenvalue weighted by molar-refractivity contribution is 0.242. The number of hydrogen-bond acceptors (Lipinski definition) is 4. The van der Waals surface area contributed by atoms with Crippen LogP contribution in [-0.2, 0) is 0 Å². The van der Waals surface area contributed by atoms with Gasteiger partial charge in [-0.05, 0) is 36.4 Å². The van der Waals surface area contributed by atoms with Gasteiger partial charge >= 0.3 is 6.03 Å². The Balaban J connectivity index is 1.84. The molecule has 2 aromatic carbocycles. The molecule has 1 heterocycles. The number of carbonyl (C=O) groups is 1. The summed E-state index contributed by atoms with van der Waals surface area (Å²) in [7, 11) is 1.58. The van der Waals surface area contributed by atoms with Crippen molar-refractivity contribution in [2.75, 3.05) is 18.8 Å². The van der Waals surface area contributed by atoms with Gasteiger partial charge in [-0.25, -0.2) is 14.2 Å². The lowest BCUT2D eigenvalue weighted by Crippen LogP contribution is -2.34.